The van der Waals surface area contributed by atoms with Gasteiger partial charge in [-0.1, -0.05) is 288 Å². The standard InChI is InChI=1S/C66H125NO5/c1-3-5-7-9-11-13-15-17-18-19-20-21-22-25-28-31-35-38-42-46-50-54-58-64(69)63(62-68)67-65(70)59-55-51-47-43-39-36-32-29-26-23-24-27-30-33-37-41-45-49-53-57-61-72-66(71)60-56-52-48-44-40-34-16-14-12-10-8-6-4-2/h14,16,23,26,54,58,63-64,68-69H,3-13,15,17-22,24-25,27-53,55-57,59-62H2,1-2H3,(H,67,70)/b16-14-,26-23-,58-54+. The average molecular weight is 1010 g/mol. The van der Waals surface area contributed by atoms with Crippen molar-refractivity contribution in [2.24, 2.45) is 0 Å². The first kappa shape index (κ1) is 70.1. The molecule has 1 amide bonds. The van der Waals surface area contributed by atoms with Gasteiger partial charge < -0.3 is 20.3 Å². The van der Waals surface area contributed by atoms with Gasteiger partial charge in [-0.2, -0.15) is 0 Å². The largest absolute Gasteiger partial charge is 0.466 e. The Morgan fingerprint density at radius 2 is 0.653 bits per heavy atom. The Morgan fingerprint density at radius 1 is 0.375 bits per heavy atom. The van der Waals surface area contributed by atoms with Gasteiger partial charge in [0.2, 0.25) is 5.91 Å². The van der Waals surface area contributed by atoms with E-state index in [2.05, 4.69) is 43.5 Å². The highest BCUT2D eigenvalue weighted by Gasteiger charge is 2.18. The first-order valence-electron chi connectivity index (χ1n) is 32.3. The summed E-state index contributed by atoms with van der Waals surface area (Å²) in [6.07, 6.45) is 77.6. The molecule has 0 fully saturated rings. The summed E-state index contributed by atoms with van der Waals surface area (Å²) in [5, 5.41) is 23.2. The van der Waals surface area contributed by atoms with Gasteiger partial charge >= 0.3 is 5.97 Å². The van der Waals surface area contributed by atoms with E-state index in [0.717, 1.165) is 51.4 Å². The van der Waals surface area contributed by atoms with Crippen molar-refractivity contribution in [2.75, 3.05) is 13.2 Å². The highest BCUT2D eigenvalue weighted by Crippen LogP contribution is 2.17. The van der Waals surface area contributed by atoms with Gasteiger partial charge in [0.15, 0.2) is 0 Å². The molecule has 0 spiro atoms. The third-order valence-electron chi connectivity index (χ3n) is 14.9. The maximum absolute atomic E-state index is 12.5. The first-order valence-corrected chi connectivity index (χ1v) is 32.3. The molecule has 0 heterocycles. The maximum Gasteiger partial charge on any atom is 0.305 e. The fraction of sp³-hybridized carbons (Fsp3) is 0.879. The van der Waals surface area contributed by atoms with E-state index in [0.29, 0.717) is 19.4 Å². The smallest absolute Gasteiger partial charge is 0.305 e. The summed E-state index contributed by atoms with van der Waals surface area (Å²) in [4.78, 5) is 24.5. The lowest BCUT2D eigenvalue weighted by molar-refractivity contribution is -0.143. The minimum absolute atomic E-state index is 0.00348. The number of esters is 1. The lowest BCUT2D eigenvalue weighted by atomic mass is 10.0. The second-order valence-corrected chi connectivity index (χ2v) is 22.1. The molecule has 0 aliphatic heterocycles. The molecule has 2 atom stereocenters. The molecule has 0 radical (unpaired) electrons. The van der Waals surface area contributed by atoms with Crippen LogP contribution in [0.2, 0.25) is 0 Å². The molecule has 0 aromatic heterocycles. The number of ether oxygens (including phenoxy) is 1. The lowest BCUT2D eigenvalue weighted by Gasteiger charge is -2.20. The fourth-order valence-electron chi connectivity index (χ4n) is 9.92. The molecule has 0 aromatic rings. The van der Waals surface area contributed by atoms with E-state index in [1.54, 1.807) is 6.08 Å². The summed E-state index contributed by atoms with van der Waals surface area (Å²) in [5.41, 5.74) is 0. The number of aliphatic hydroxyl groups is 2. The van der Waals surface area contributed by atoms with Crippen molar-refractivity contribution in [2.45, 2.75) is 360 Å². The molecule has 6 heteroatoms. The predicted octanol–water partition coefficient (Wildman–Crippen LogP) is 20.4. The van der Waals surface area contributed by atoms with Gasteiger partial charge in [-0.25, -0.2) is 0 Å². The Morgan fingerprint density at radius 3 is 1.00 bits per heavy atom. The highest BCUT2D eigenvalue weighted by atomic mass is 16.5. The normalized spacial score (nSPS) is 12.8. The molecular formula is C66H125NO5. The second-order valence-electron chi connectivity index (χ2n) is 22.1. The molecule has 0 aliphatic carbocycles. The maximum atomic E-state index is 12.5. The summed E-state index contributed by atoms with van der Waals surface area (Å²) in [7, 11) is 0. The van der Waals surface area contributed by atoms with E-state index in [9.17, 15) is 19.8 Å². The monoisotopic (exact) mass is 1010 g/mol. The highest BCUT2D eigenvalue weighted by molar-refractivity contribution is 5.76. The van der Waals surface area contributed by atoms with Crippen molar-refractivity contribution < 1.29 is 24.5 Å². The van der Waals surface area contributed by atoms with Crippen LogP contribution in [0.15, 0.2) is 36.5 Å². The average Bonchev–Trinajstić information content (AvgIpc) is 3.38. The van der Waals surface area contributed by atoms with Gasteiger partial charge in [0.05, 0.1) is 25.4 Å². The van der Waals surface area contributed by atoms with Crippen molar-refractivity contribution in [3.8, 4) is 0 Å². The summed E-state index contributed by atoms with van der Waals surface area (Å²) in [6, 6.07) is -0.636. The van der Waals surface area contributed by atoms with E-state index in [1.807, 2.05) is 6.08 Å². The topological polar surface area (TPSA) is 95.9 Å². The molecule has 2 unspecified atom stereocenters. The van der Waals surface area contributed by atoms with Crippen molar-refractivity contribution >= 4 is 11.9 Å². The molecule has 424 valence electrons. The van der Waals surface area contributed by atoms with Crippen LogP contribution in [-0.2, 0) is 14.3 Å². The third-order valence-corrected chi connectivity index (χ3v) is 14.9. The summed E-state index contributed by atoms with van der Waals surface area (Å²) in [5.74, 6) is -0.0774. The van der Waals surface area contributed by atoms with Crippen molar-refractivity contribution in [3.05, 3.63) is 36.5 Å². The van der Waals surface area contributed by atoms with Crippen molar-refractivity contribution in [3.63, 3.8) is 0 Å². The lowest BCUT2D eigenvalue weighted by Crippen LogP contribution is -2.45. The summed E-state index contributed by atoms with van der Waals surface area (Å²) >= 11 is 0. The quantitative estimate of drug-likeness (QED) is 0.0320. The minimum Gasteiger partial charge on any atom is -0.466 e. The number of aliphatic hydroxyl groups excluding tert-OH is 2. The Hall–Kier alpha value is -1.92. The molecule has 6 nitrogen and oxygen atoms in total. The van der Waals surface area contributed by atoms with E-state index in [4.69, 9.17) is 4.74 Å². The second kappa shape index (κ2) is 61.6. The summed E-state index contributed by atoms with van der Waals surface area (Å²) in [6.45, 7) is 4.90. The molecule has 0 aliphatic rings. The van der Waals surface area contributed by atoms with Crippen molar-refractivity contribution in [1.29, 1.82) is 0 Å². The molecule has 72 heavy (non-hydrogen) atoms. The Balaban J connectivity index is 3.47. The van der Waals surface area contributed by atoms with Gasteiger partial charge in [-0.3, -0.25) is 9.59 Å². The van der Waals surface area contributed by atoms with Gasteiger partial charge in [0.25, 0.3) is 0 Å². The predicted molar refractivity (Wildman–Crippen MR) is 315 cm³/mol. The molecule has 0 aromatic carbocycles. The number of carbonyl (C=O) groups excluding carboxylic acids is 2. The van der Waals surface area contributed by atoms with E-state index >= 15 is 0 Å². The van der Waals surface area contributed by atoms with Crippen LogP contribution < -0.4 is 5.32 Å². The SMILES string of the molecule is CCCCCC/C=C\CCCCCCCC(=O)OCCCCCCCCCCC/C=C\CCCCCCCCCC(=O)NC(CO)C(O)/C=C/CCCCCCCCCCCCCCCCCCCCCC. The van der Waals surface area contributed by atoms with E-state index in [-0.39, 0.29) is 18.5 Å². The zero-order chi connectivity index (χ0) is 52.2. The molecule has 0 rings (SSSR count). The molecule has 3 N–H and O–H groups in total. The Kier molecular flexibility index (Phi) is 60.0. The first-order chi connectivity index (χ1) is 35.5. The number of allylic oxidation sites excluding steroid dienone is 5. The fourth-order valence-corrected chi connectivity index (χ4v) is 9.92. The zero-order valence-electron chi connectivity index (χ0n) is 48.4. The van der Waals surface area contributed by atoms with Crippen LogP contribution in [0.3, 0.4) is 0 Å². The number of unbranched alkanes of at least 4 members (excludes halogenated alkanes) is 45. The van der Waals surface area contributed by atoms with Gasteiger partial charge in [0, 0.05) is 12.8 Å². The van der Waals surface area contributed by atoms with Crippen LogP contribution >= 0.6 is 0 Å². The van der Waals surface area contributed by atoms with Gasteiger partial charge in [-0.15, -0.1) is 0 Å². The Labute approximate surface area is 449 Å². The third kappa shape index (κ3) is 57.4. The number of carbonyl (C=O) groups is 2. The molecule has 0 saturated heterocycles. The van der Waals surface area contributed by atoms with E-state index < -0.39 is 12.1 Å². The molecular weight excluding hydrogens is 887 g/mol. The summed E-state index contributed by atoms with van der Waals surface area (Å²) < 4.78 is 5.47. The number of amides is 1. The molecule has 0 saturated carbocycles. The molecule has 0 bridgehead atoms. The van der Waals surface area contributed by atoms with Crippen LogP contribution in [-0.4, -0.2) is 47.4 Å². The number of hydrogen-bond acceptors (Lipinski definition) is 5. The minimum atomic E-state index is -0.852. The van der Waals surface area contributed by atoms with Crippen LogP contribution in [0.1, 0.15) is 348 Å². The van der Waals surface area contributed by atoms with Crippen LogP contribution in [0.25, 0.3) is 0 Å². The number of nitrogens with one attached hydrogen (secondary N) is 1. The van der Waals surface area contributed by atoms with Gasteiger partial charge in [-0.05, 0) is 83.5 Å². The van der Waals surface area contributed by atoms with Crippen molar-refractivity contribution in [1.82, 2.24) is 5.32 Å². The zero-order valence-corrected chi connectivity index (χ0v) is 48.4. The van der Waals surface area contributed by atoms with E-state index in [1.165, 1.54) is 270 Å². The van der Waals surface area contributed by atoms with Gasteiger partial charge in [0.1, 0.15) is 0 Å². The number of hydrogen-bond donors (Lipinski definition) is 3. The van der Waals surface area contributed by atoms with Crippen LogP contribution in [0.5, 0.6) is 0 Å². The van der Waals surface area contributed by atoms with Crippen LogP contribution in [0, 0.1) is 0 Å². The van der Waals surface area contributed by atoms with Crippen LogP contribution in [0.4, 0.5) is 0 Å². The Bertz CT molecular complexity index is 1170. The number of rotatable bonds is 60.